The first kappa shape index (κ1) is 15.4. The second kappa shape index (κ2) is 5.57. The van der Waals surface area contributed by atoms with Gasteiger partial charge in [0, 0.05) is 19.7 Å². The summed E-state index contributed by atoms with van der Waals surface area (Å²) in [6, 6.07) is 0.730. The van der Waals surface area contributed by atoms with Crippen molar-refractivity contribution in [3.05, 3.63) is 11.8 Å². The lowest BCUT2D eigenvalue weighted by molar-refractivity contribution is -0.141. The molecule has 1 atom stereocenters. The molecule has 0 spiro atoms. The molecule has 1 aromatic heterocycles. The summed E-state index contributed by atoms with van der Waals surface area (Å²) in [6.45, 7) is 0.655. The minimum atomic E-state index is -4.59. The summed E-state index contributed by atoms with van der Waals surface area (Å²) in [5, 5.41) is 23.3. The first-order valence-electron chi connectivity index (χ1n) is 5.39. The summed E-state index contributed by atoms with van der Waals surface area (Å²) in [7, 11) is 1.39. The highest BCUT2D eigenvalue weighted by molar-refractivity contribution is 5.43. The maximum absolute atomic E-state index is 12.6. The van der Waals surface area contributed by atoms with Crippen LogP contribution < -0.4 is 10.6 Å². The van der Waals surface area contributed by atoms with E-state index < -0.39 is 24.1 Å². The Balaban J connectivity index is 2.95. The molecular formula is C10H15F3N4O2. The molecule has 0 saturated carbocycles. The molecule has 0 amide bonds. The van der Waals surface area contributed by atoms with Crippen LogP contribution in [0.3, 0.4) is 0 Å². The normalized spacial score (nSPS) is 14.9. The predicted molar refractivity (Wildman–Crippen MR) is 62.8 cm³/mol. The average molecular weight is 280 g/mol. The van der Waals surface area contributed by atoms with Crippen LogP contribution in [0.25, 0.3) is 0 Å². The van der Waals surface area contributed by atoms with Crippen molar-refractivity contribution in [2.45, 2.75) is 18.7 Å². The van der Waals surface area contributed by atoms with E-state index in [0.717, 1.165) is 6.07 Å². The molecule has 0 saturated heterocycles. The number of aliphatic hydroxyl groups excluding tert-OH is 1. The molecule has 1 rings (SSSR count). The van der Waals surface area contributed by atoms with Gasteiger partial charge in [-0.15, -0.1) is 0 Å². The number of aliphatic hydroxyl groups is 2. The Kier molecular flexibility index (Phi) is 4.53. The predicted octanol–water partition coefficient (Wildman–Crippen LogP) is 0.692. The second-order valence-electron chi connectivity index (χ2n) is 4.22. The first-order chi connectivity index (χ1) is 8.68. The van der Waals surface area contributed by atoms with Gasteiger partial charge in [0.15, 0.2) is 5.69 Å². The van der Waals surface area contributed by atoms with Gasteiger partial charge in [0.2, 0.25) is 5.95 Å². The highest BCUT2D eigenvalue weighted by atomic mass is 19.4. The van der Waals surface area contributed by atoms with E-state index >= 15 is 0 Å². The zero-order valence-electron chi connectivity index (χ0n) is 10.4. The molecule has 1 unspecified atom stereocenters. The van der Waals surface area contributed by atoms with Crippen LogP contribution >= 0.6 is 0 Å². The fourth-order valence-corrected chi connectivity index (χ4v) is 1.13. The van der Waals surface area contributed by atoms with Crippen LogP contribution in [0.2, 0.25) is 0 Å². The second-order valence-corrected chi connectivity index (χ2v) is 4.22. The van der Waals surface area contributed by atoms with Gasteiger partial charge in [-0.05, 0) is 6.92 Å². The van der Waals surface area contributed by atoms with Gasteiger partial charge in [-0.2, -0.15) is 18.2 Å². The summed E-state index contributed by atoms with van der Waals surface area (Å²) in [5.74, 6) is -0.290. The van der Waals surface area contributed by atoms with E-state index in [1.165, 1.54) is 14.0 Å². The topological polar surface area (TPSA) is 90.3 Å². The molecule has 0 aliphatic rings. The average Bonchev–Trinajstić information content (AvgIpc) is 2.35. The van der Waals surface area contributed by atoms with E-state index in [1.54, 1.807) is 0 Å². The zero-order chi connectivity index (χ0) is 14.7. The summed E-state index contributed by atoms with van der Waals surface area (Å²) in [6.07, 6.45) is -4.59. The fourth-order valence-electron chi connectivity index (χ4n) is 1.13. The van der Waals surface area contributed by atoms with E-state index in [-0.39, 0.29) is 18.3 Å². The van der Waals surface area contributed by atoms with Crippen LogP contribution in [0.15, 0.2) is 6.07 Å². The van der Waals surface area contributed by atoms with Crippen LogP contribution in [0.4, 0.5) is 24.9 Å². The molecule has 19 heavy (non-hydrogen) atoms. The molecule has 1 aromatic rings. The molecule has 0 bridgehead atoms. The Labute approximate surface area is 107 Å². The maximum atomic E-state index is 12.6. The Bertz CT molecular complexity index is 437. The van der Waals surface area contributed by atoms with Gasteiger partial charge < -0.3 is 20.8 Å². The number of halogens is 3. The van der Waals surface area contributed by atoms with Crippen molar-refractivity contribution < 1.29 is 23.4 Å². The Morgan fingerprint density at radius 1 is 1.32 bits per heavy atom. The Morgan fingerprint density at radius 2 is 1.95 bits per heavy atom. The highest BCUT2D eigenvalue weighted by Crippen LogP contribution is 2.29. The lowest BCUT2D eigenvalue weighted by Crippen LogP contribution is -2.37. The SMILES string of the molecule is CNc1nc(NCC(C)(O)CO)cc(C(F)(F)F)n1. The minimum absolute atomic E-state index is 0.0969. The minimum Gasteiger partial charge on any atom is -0.393 e. The van der Waals surface area contributed by atoms with Crippen molar-refractivity contribution in [2.75, 3.05) is 30.8 Å². The van der Waals surface area contributed by atoms with Gasteiger partial charge in [-0.25, -0.2) is 4.98 Å². The number of hydrogen-bond acceptors (Lipinski definition) is 6. The summed E-state index contributed by atoms with van der Waals surface area (Å²) in [5.41, 5.74) is -2.55. The maximum Gasteiger partial charge on any atom is 0.433 e. The third-order valence-electron chi connectivity index (χ3n) is 2.23. The lowest BCUT2D eigenvalue weighted by atomic mass is 10.1. The molecule has 0 aromatic carbocycles. The summed E-state index contributed by atoms with van der Waals surface area (Å²) >= 11 is 0. The van der Waals surface area contributed by atoms with Crippen LogP contribution in [-0.4, -0.2) is 46.0 Å². The van der Waals surface area contributed by atoms with E-state index in [9.17, 15) is 18.3 Å². The third-order valence-corrected chi connectivity index (χ3v) is 2.23. The molecule has 9 heteroatoms. The van der Waals surface area contributed by atoms with Gasteiger partial charge in [-0.1, -0.05) is 0 Å². The quantitative estimate of drug-likeness (QED) is 0.634. The third kappa shape index (κ3) is 4.52. The van der Waals surface area contributed by atoms with Gasteiger partial charge in [-0.3, -0.25) is 0 Å². The molecule has 0 radical (unpaired) electrons. The van der Waals surface area contributed by atoms with Crippen LogP contribution in [0, 0.1) is 0 Å². The standard InChI is InChI=1S/C10H15F3N4O2/c1-9(19,5-18)4-15-7-3-6(10(11,12)13)16-8(14-2)17-7/h3,18-19H,4-5H2,1-2H3,(H2,14,15,16,17). The van der Waals surface area contributed by atoms with Gasteiger partial charge in [0.1, 0.15) is 11.4 Å². The number of rotatable bonds is 5. The monoisotopic (exact) mass is 280 g/mol. The number of nitrogens with one attached hydrogen (secondary N) is 2. The van der Waals surface area contributed by atoms with Gasteiger partial charge >= 0.3 is 6.18 Å². The van der Waals surface area contributed by atoms with Crippen molar-refractivity contribution in [3.8, 4) is 0 Å². The van der Waals surface area contributed by atoms with E-state index in [2.05, 4.69) is 20.6 Å². The van der Waals surface area contributed by atoms with Crippen molar-refractivity contribution in [1.82, 2.24) is 9.97 Å². The van der Waals surface area contributed by atoms with Gasteiger partial charge in [0.25, 0.3) is 0 Å². The number of hydrogen-bond donors (Lipinski definition) is 4. The largest absolute Gasteiger partial charge is 0.433 e. The molecule has 0 fully saturated rings. The molecule has 0 aliphatic heterocycles. The molecule has 108 valence electrons. The number of aromatic nitrogens is 2. The van der Waals surface area contributed by atoms with Crippen LogP contribution in [-0.2, 0) is 6.18 Å². The fraction of sp³-hybridized carbons (Fsp3) is 0.600. The van der Waals surface area contributed by atoms with Crippen molar-refractivity contribution in [3.63, 3.8) is 0 Å². The van der Waals surface area contributed by atoms with E-state index in [1.807, 2.05) is 0 Å². The van der Waals surface area contributed by atoms with Crippen LogP contribution in [0.5, 0.6) is 0 Å². The smallest absolute Gasteiger partial charge is 0.393 e. The van der Waals surface area contributed by atoms with Crippen molar-refractivity contribution in [2.24, 2.45) is 0 Å². The molecule has 6 nitrogen and oxygen atoms in total. The zero-order valence-corrected chi connectivity index (χ0v) is 10.4. The number of anilines is 2. The first-order valence-corrected chi connectivity index (χ1v) is 5.39. The molecule has 1 heterocycles. The van der Waals surface area contributed by atoms with E-state index in [0.29, 0.717) is 0 Å². The van der Waals surface area contributed by atoms with E-state index in [4.69, 9.17) is 5.11 Å². The molecule has 0 aliphatic carbocycles. The van der Waals surface area contributed by atoms with Crippen molar-refractivity contribution in [1.29, 1.82) is 0 Å². The summed E-state index contributed by atoms with van der Waals surface area (Å²) in [4.78, 5) is 7.07. The summed E-state index contributed by atoms with van der Waals surface area (Å²) < 4.78 is 37.8. The van der Waals surface area contributed by atoms with Crippen LogP contribution in [0.1, 0.15) is 12.6 Å². The lowest BCUT2D eigenvalue weighted by Gasteiger charge is -2.21. The molecular weight excluding hydrogens is 265 g/mol. The Morgan fingerprint density at radius 3 is 2.42 bits per heavy atom. The Hall–Kier alpha value is -1.61. The number of alkyl halides is 3. The van der Waals surface area contributed by atoms with Crippen molar-refractivity contribution >= 4 is 11.8 Å². The van der Waals surface area contributed by atoms with Gasteiger partial charge in [0.05, 0.1) is 6.61 Å². The molecule has 4 N–H and O–H groups in total. The number of nitrogens with zero attached hydrogens (tertiary/aromatic N) is 2. The highest BCUT2D eigenvalue weighted by Gasteiger charge is 2.33.